The number of nitrogens with zero attached hydrogens (tertiary/aromatic N) is 4. The van der Waals surface area contributed by atoms with Crippen molar-refractivity contribution in [2.24, 2.45) is 11.8 Å². The van der Waals surface area contributed by atoms with E-state index in [9.17, 15) is 13.6 Å². The SMILES string of the molecule is CCOc1cc2nc(C3C4COCC43)cn2cc1CC(=O)c1ccn(C2CC2(F)F)n1. The van der Waals surface area contributed by atoms with Gasteiger partial charge in [-0.25, -0.2) is 13.8 Å². The molecule has 6 rings (SSSR count). The highest BCUT2D eigenvalue weighted by molar-refractivity contribution is 5.96. The number of aromatic nitrogens is 4. The van der Waals surface area contributed by atoms with Gasteiger partial charge in [0.25, 0.3) is 5.92 Å². The fourth-order valence-corrected chi connectivity index (χ4v) is 4.75. The first-order valence-electron chi connectivity index (χ1n) is 10.6. The maximum Gasteiger partial charge on any atom is 0.272 e. The van der Waals surface area contributed by atoms with Gasteiger partial charge in [0.2, 0.25) is 0 Å². The average Bonchev–Trinajstić information content (AvgIpc) is 3.29. The van der Waals surface area contributed by atoms with Crippen molar-refractivity contribution in [3.8, 4) is 5.75 Å². The lowest BCUT2D eigenvalue weighted by Crippen LogP contribution is -2.09. The zero-order valence-electron chi connectivity index (χ0n) is 17.0. The summed E-state index contributed by atoms with van der Waals surface area (Å²) in [6.45, 7) is 3.94. The molecule has 3 fully saturated rings. The highest BCUT2D eigenvalue weighted by Gasteiger charge is 2.59. The summed E-state index contributed by atoms with van der Waals surface area (Å²) in [5, 5.41) is 4.09. The summed E-state index contributed by atoms with van der Waals surface area (Å²) in [5.74, 6) is -0.799. The molecule has 0 N–H and O–H groups in total. The summed E-state index contributed by atoms with van der Waals surface area (Å²) in [4.78, 5) is 17.6. The van der Waals surface area contributed by atoms with Gasteiger partial charge in [0.1, 0.15) is 23.1 Å². The second-order valence-electron chi connectivity index (χ2n) is 8.68. The summed E-state index contributed by atoms with van der Waals surface area (Å²) in [7, 11) is 0. The highest BCUT2D eigenvalue weighted by atomic mass is 19.3. The Morgan fingerprint density at radius 2 is 2.10 bits per heavy atom. The third kappa shape index (κ3) is 3.13. The molecule has 162 valence electrons. The van der Waals surface area contributed by atoms with Gasteiger partial charge in [-0.05, 0) is 24.8 Å². The molecule has 0 spiro atoms. The van der Waals surface area contributed by atoms with Crippen molar-refractivity contribution >= 4 is 11.4 Å². The van der Waals surface area contributed by atoms with Gasteiger partial charge in [-0.3, -0.25) is 9.48 Å². The second kappa shape index (κ2) is 6.59. The van der Waals surface area contributed by atoms with E-state index in [0.717, 1.165) is 24.6 Å². The molecule has 1 aliphatic heterocycles. The van der Waals surface area contributed by atoms with Crippen LogP contribution in [0.3, 0.4) is 0 Å². The molecule has 0 radical (unpaired) electrons. The van der Waals surface area contributed by atoms with Crippen LogP contribution in [0.25, 0.3) is 5.65 Å². The molecule has 7 nitrogen and oxygen atoms in total. The Hall–Kier alpha value is -2.81. The Bertz CT molecular complexity index is 1180. The van der Waals surface area contributed by atoms with Crippen LogP contribution >= 0.6 is 0 Å². The predicted molar refractivity (Wildman–Crippen MR) is 106 cm³/mol. The Morgan fingerprint density at radius 1 is 1.32 bits per heavy atom. The van der Waals surface area contributed by atoms with Crippen LogP contribution in [0.1, 0.15) is 47.1 Å². The van der Waals surface area contributed by atoms with Crippen LogP contribution in [0.4, 0.5) is 8.78 Å². The fraction of sp³-hybridized carbons (Fsp3) is 0.500. The number of Topliss-reactive ketones (excluding diaryl/α,β-unsaturated/α-hetero) is 1. The van der Waals surface area contributed by atoms with Crippen molar-refractivity contribution in [2.45, 2.75) is 37.6 Å². The molecule has 2 saturated carbocycles. The molecule has 9 heteroatoms. The van der Waals surface area contributed by atoms with E-state index in [-0.39, 0.29) is 24.3 Å². The lowest BCUT2D eigenvalue weighted by molar-refractivity contribution is 0.0955. The van der Waals surface area contributed by atoms with Crippen LogP contribution in [0, 0.1) is 11.8 Å². The third-order valence-corrected chi connectivity index (χ3v) is 6.60. The average molecular weight is 428 g/mol. The van der Waals surface area contributed by atoms with Crippen molar-refractivity contribution in [3.63, 3.8) is 0 Å². The van der Waals surface area contributed by atoms with Gasteiger partial charge in [-0.15, -0.1) is 0 Å². The first-order valence-corrected chi connectivity index (χ1v) is 10.6. The van der Waals surface area contributed by atoms with Crippen LogP contribution in [-0.2, 0) is 11.2 Å². The van der Waals surface area contributed by atoms with Gasteiger partial charge in [-0.2, -0.15) is 5.10 Å². The van der Waals surface area contributed by atoms with E-state index in [0.29, 0.717) is 35.7 Å². The van der Waals surface area contributed by atoms with Crippen LogP contribution < -0.4 is 4.74 Å². The quantitative estimate of drug-likeness (QED) is 0.540. The predicted octanol–water partition coefficient (Wildman–Crippen LogP) is 3.29. The lowest BCUT2D eigenvalue weighted by atomic mass is 10.1. The molecule has 2 aliphatic carbocycles. The van der Waals surface area contributed by atoms with Crippen molar-refractivity contribution in [1.82, 2.24) is 19.2 Å². The number of fused-ring (bicyclic) bond motifs is 2. The van der Waals surface area contributed by atoms with Crippen LogP contribution in [0.2, 0.25) is 0 Å². The summed E-state index contributed by atoms with van der Waals surface area (Å²) in [6, 6.07) is 2.41. The number of carbonyl (C=O) groups excluding carboxylic acids is 1. The minimum Gasteiger partial charge on any atom is -0.493 e. The molecule has 3 unspecified atom stereocenters. The molecule has 3 aromatic rings. The van der Waals surface area contributed by atoms with Crippen LogP contribution in [0.5, 0.6) is 5.75 Å². The van der Waals surface area contributed by atoms with Gasteiger partial charge >= 0.3 is 0 Å². The normalized spacial score (nSPS) is 28.0. The van der Waals surface area contributed by atoms with E-state index in [1.807, 2.05) is 29.8 Å². The molecule has 0 bridgehead atoms. The molecular weight excluding hydrogens is 406 g/mol. The maximum atomic E-state index is 13.3. The number of halogens is 2. The van der Waals surface area contributed by atoms with Crippen molar-refractivity contribution in [3.05, 3.63) is 47.7 Å². The number of hydrogen-bond donors (Lipinski definition) is 0. The molecule has 0 aromatic carbocycles. The Balaban J connectivity index is 1.26. The summed E-state index contributed by atoms with van der Waals surface area (Å²) >= 11 is 0. The number of carbonyl (C=O) groups is 1. The molecule has 0 amide bonds. The van der Waals surface area contributed by atoms with E-state index in [1.165, 1.54) is 16.9 Å². The van der Waals surface area contributed by atoms with E-state index in [2.05, 4.69) is 5.10 Å². The number of pyridine rings is 1. The molecular formula is C22H22F2N4O3. The topological polar surface area (TPSA) is 70.7 Å². The van der Waals surface area contributed by atoms with Crippen molar-refractivity contribution < 1.29 is 23.0 Å². The minimum absolute atomic E-state index is 0.0688. The van der Waals surface area contributed by atoms with E-state index in [4.69, 9.17) is 14.5 Å². The van der Waals surface area contributed by atoms with E-state index >= 15 is 0 Å². The van der Waals surface area contributed by atoms with Gasteiger partial charge in [0, 0.05) is 49.0 Å². The molecule has 4 heterocycles. The second-order valence-corrected chi connectivity index (χ2v) is 8.68. The molecule has 3 aliphatic rings. The lowest BCUT2D eigenvalue weighted by Gasteiger charge is -2.10. The molecule has 3 atom stereocenters. The maximum absolute atomic E-state index is 13.3. The standard InChI is InChI=1S/C22H22F2N4O3/c1-2-31-18-6-20-25-16(21-13-10-30-11-14(13)21)9-27(20)8-12(18)5-17(29)15-3-4-28(26-15)19-7-22(19,23)24/h3-4,6,8-9,13-14,19,21H,2,5,7,10-11H2,1H3. The number of hydrogen-bond acceptors (Lipinski definition) is 5. The van der Waals surface area contributed by atoms with Gasteiger partial charge in [-0.1, -0.05) is 0 Å². The zero-order chi connectivity index (χ0) is 21.3. The zero-order valence-corrected chi connectivity index (χ0v) is 17.0. The summed E-state index contributed by atoms with van der Waals surface area (Å²) in [6.07, 6.45) is 5.18. The monoisotopic (exact) mass is 428 g/mol. The Kier molecular flexibility index (Phi) is 4.02. The van der Waals surface area contributed by atoms with Crippen LogP contribution in [0.15, 0.2) is 30.7 Å². The van der Waals surface area contributed by atoms with Crippen molar-refractivity contribution in [2.75, 3.05) is 19.8 Å². The minimum atomic E-state index is -2.73. The summed E-state index contributed by atoms with van der Waals surface area (Å²) < 4.78 is 40.9. The number of ketones is 1. The Labute approximate surface area is 177 Å². The van der Waals surface area contributed by atoms with Gasteiger partial charge in [0.15, 0.2) is 5.78 Å². The number of ether oxygens (including phenoxy) is 2. The fourth-order valence-electron chi connectivity index (χ4n) is 4.75. The highest BCUT2D eigenvalue weighted by Crippen LogP contribution is 2.57. The van der Waals surface area contributed by atoms with E-state index in [1.54, 1.807) is 0 Å². The Morgan fingerprint density at radius 3 is 2.81 bits per heavy atom. The first-order chi connectivity index (χ1) is 14.9. The molecule has 31 heavy (non-hydrogen) atoms. The third-order valence-electron chi connectivity index (χ3n) is 6.60. The first kappa shape index (κ1) is 18.9. The van der Waals surface area contributed by atoms with Crippen molar-refractivity contribution in [1.29, 1.82) is 0 Å². The van der Waals surface area contributed by atoms with E-state index < -0.39 is 12.0 Å². The number of imidazole rings is 1. The van der Waals surface area contributed by atoms with Crippen LogP contribution in [-0.4, -0.2) is 50.7 Å². The molecule has 1 saturated heterocycles. The largest absolute Gasteiger partial charge is 0.493 e. The molecule has 3 aromatic heterocycles. The smallest absolute Gasteiger partial charge is 0.272 e. The number of alkyl halides is 2. The number of rotatable bonds is 7. The summed E-state index contributed by atoms with van der Waals surface area (Å²) in [5.41, 5.74) is 2.73. The van der Waals surface area contributed by atoms with Gasteiger partial charge < -0.3 is 13.9 Å². The van der Waals surface area contributed by atoms with Gasteiger partial charge in [0.05, 0.1) is 25.5 Å².